The summed E-state index contributed by atoms with van der Waals surface area (Å²) < 4.78 is 0. The van der Waals surface area contributed by atoms with Crippen molar-refractivity contribution < 1.29 is 4.79 Å². The zero-order valence-corrected chi connectivity index (χ0v) is 5.29. The number of carbonyl (C=O) groups is 1. The van der Waals surface area contributed by atoms with Crippen LogP contribution in [0.4, 0.5) is 0 Å². The van der Waals surface area contributed by atoms with Crippen LogP contribution in [0.2, 0.25) is 0 Å². The van der Waals surface area contributed by atoms with Gasteiger partial charge in [-0.1, -0.05) is 0 Å². The first-order chi connectivity index (χ1) is 3.77. The molecule has 0 aromatic heterocycles. The molecule has 0 unspecified atom stereocenters. The molecule has 0 rings (SSSR count). The molecule has 1 amide bonds. The van der Waals surface area contributed by atoms with Gasteiger partial charge in [0, 0.05) is 6.92 Å². The predicted octanol–water partition coefficient (Wildman–Crippen LogP) is 0.183. The third-order valence-corrected chi connectivity index (χ3v) is 0.601. The first-order valence-corrected chi connectivity index (χ1v) is 2.46. The van der Waals surface area contributed by atoms with E-state index in [0.717, 1.165) is 0 Å². The fraction of sp³-hybridized carbons (Fsp3) is 0.500. The van der Waals surface area contributed by atoms with E-state index in [-0.39, 0.29) is 12.6 Å². The van der Waals surface area contributed by atoms with Gasteiger partial charge in [-0.25, -0.2) is 4.99 Å². The summed E-state index contributed by atoms with van der Waals surface area (Å²) in [5, 5.41) is 4.53. The SMILES string of the molecule is CC(=O)NCN=C=S. The molecule has 0 fully saturated rings. The average molecular weight is 130 g/mol. The molecular weight excluding hydrogens is 124 g/mol. The minimum atomic E-state index is -0.112. The monoisotopic (exact) mass is 130 g/mol. The highest BCUT2D eigenvalue weighted by Gasteiger charge is 1.82. The molecule has 0 radical (unpaired) electrons. The number of nitrogens with zero attached hydrogens (tertiary/aromatic N) is 1. The van der Waals surface area contributed by atoms with Gasteiger partial charge in [-0.2, -0.15) is 0 Å². The summed E-state index contributed by atoms with van der Waals surface area (Å²) in [7, 11) is 0. The van der Waals surface area contributed by atoms with Gasteiger partial charge in [0.1, 0.15) is 6.67 Å². The van der Waals surface area contributed by atoms with Crippen molar-refractivity contribution in [3.63, 3.8) is 0 Å². The second-order valence-electron chi connectivity index (χ2n) is 1.14. The van der Waals surface area contributed by atoms with Gasteiger partial charge in [0.2, 0.25) is 5.91 Å². The first kappa shape index (κ1) is 7.27. The molecule has 0 saturated heterocycles. The molecule has 0 aromatic rings. The van der Waals surface area contributed by atoms with Crippen molar-refractivity contribution in [2.24, 2.45) is 4.99 Å². The lowest BCUT2D eigenvalue weighted by molar-refractivity contribution is -0.118. The maximum absolute atomic E-state index is 10.1. The van der Waals surface area contributed by atoms with Crippen molar-refractivity contribution in [3.8, 4) is 0 Å². The number of aliphatic imine (C=N–C) groups is 1. The maximum atomic E-state index is 10.1. The second kappa shape index (κ2) is 4.43. The van der Waals surface area contributed by atoms with Crippen LogP contribution >= 0.6 is 12.2 Å². The first-order valence-electron chi connectivity index (χ1n) is 2.05. The summed E-state index contributed by atoms with van der Waals surface area (Å²) in [4.78, 5) is 13.5. The molecule has 0 saturated carbocycles. The Hall–Kier alpha value is -0.730. The largest absolute Gasteiger partial charge is 0.336 e. The van der Waals surface area contributed by atoms with Crippen LogP contribution in [-0.4, -0.2) is 17.7 Å². The van der Waals surface area contributed by atoms with E-state index in [1.165, 1.54) is 6.92 Å². The Labute approximate surface area is 52.8 Å². The molecule has 0 atom stereocenters. The van der Waals surface area contributed by atoms with E-state index < -0.39 is 0 Å². The van der Waals surface area contributed by atoms with Crippen LogP contribution in [0.1, 0.15) is 6.92 Å². The third kappa shape index (κ3) is 5.27. The fourth-order valence-electron chi connectivity index (χ4n) is 0.183. The Morgan fingerprint density at radius 2 is 2.62 bits per heavy atom. The molecule has 1 N–H and O–H groups in total. The van der Waals surface area contributed by atoms with E-state index in [0.29, 0.717) is 0 Å². The maximum Gasteiger partial charge on any atom is 0.218 e. The van der Waals surface area contributed by atoms with Crippen molar-refractivity contribution >= 4 is 23.3 Å². The van der Waals surface area contributed by atoms with E-state index in [4.69, 9.17) is 0 Å². The lowest BCUT2D eigenvalue weighted by atomic mass is 10.7. The molecule has 0 aliphatic carbocycles. The van der Waals surface area contributed by atoms with Crippen LogP contribution in [0.15, 0.2) is 4.99 Å². The molecule has 0 aromatic carbocycles. The standard InChI is InChI=1S/C4H6N2OS/c1-4(7)6-2-5-3-8/h2H2,1H3,(H,6,7). The van der Waals surface area contributed by atoms with E-state index in [1.807, 2.05) is 0 Å². The third-order valence-electron chi connectivity index (χ3n) is 0.472. The molecule has 8 heavy (non-hydrogen) atoms. The number of amides is 1. The van der Waals surface area contributed by atoms with Gasteiger partial charge in [-0.05, 0) is 12.2 Å². The second-order valence-corrected chi connectivity index (χ2v) is 1.32. The van der Waals surface area contributed by atoms with Crippen LogP contribution in [0.3, 0.4) is 0 Å². The van der Waals surface area contributed by atoms with Crippen molar-refractivity contribution in [2.45, 2.75) is 6.92 Å². The summed E-state index contributed by atoms with van der Waals surface area (Å²) in [5.74, 6) is -0.112. The van der Waals surface area contributed by atoms with Gasteiger partial charge in [0.15, 0.2) is 0 Å². The topological polar surface area (TPSA) is 41.5 Å². The average Bonchev–Trinajstić information content (AvgIpc) is 1.66. The lowest BCUT2D eigenvalue weighted by Gasteiger charge is -1.89. The van der Waals surface area contributed by atoms with Crippen LogP contribution in [0.5, 0.6) is 0 Å². The number of isothiocyanates is 1. The van der Waals surface area contributed by atoms with Crippen LogP contribution < -0.4 is 5.32 Å². The van der Waals surface area contributed by atoms with Gasteiger partial charge in [-0.3, -0.25) is 4.79 Å². The minimum absolute atomic E-state index is 0.112. The number of rotatable bonds is 2. The zero-order chi connectivity index (χ0) is 6.41. The van der Waals surface area contributed by atoms with Crippen LogP contribution in [0, 0.1) is 0 Å². The number of hydrogen-bond acceptors (Lipinski definition) is 3. The molecular formula is C4H6N2OS. The molecule has 0 spiro atoms. The predicted molar refractivity (Wildman–Crippen MR) is 33.7 cm³/mol. The Morgan fingerprint density at radius 3 is 3.00 bits per heavy atom. The van der Waals surface area contributed by atoms with Crippen LogP contribution in [0.25, 0.3) is 0 Å². The molecule has 0 aliphatic heterocycles. The summed E-state index contributed by atoms with van der Waals surface area (Å²) in [6, 6.07) is 0. The Bertz CT molecular complexity index is 126. The van der Waals surface area contributed by atoms with Gasteiger partial charge in [-0.15, -0.1) is 0 Å². The Balaban J connectivity index is 3.18. The normalized spacial score (nSPS) is 7.12. The number of nitrogens with one attached hydrogen (secondary N) is 1. The molecule has 0 bridgehead atoms. The quantitative estimate of drug-likeness (QED) is 0.428. The number of carbonyl (C=O) groups excluding carboxylic acids is 1. The Morgan fingerprint density at radius 1 is 2.00 bits per heavy atom. The van der Waals surface area contributed by atoms with Gasteiger partial charge >= 0.3 is 0 Å². The highest BCUT2D eigenvalue weighted by Crippen LogP contribution is 1.60. The molecule has 44 valence electrons. The van der Waals surface area contributed by atoms with E-state index in [9.17, 15) is 4.79 Å². The van der Waals surface area contributed by atoms with Gasteiger partial charge < -0.3 is 5.32 Å². The van der Waals surface area contributed by atoms with Crippen molar-refractivity contribution in [1.82, 2.24) is 5.32 Å². The van der Waals surface area contributed by atoms with Crippen molar-refractivity contribution in [2.75, 3.05) is 6.67 Å². The van der Waals surface area contributed by atoms with E-state index in [2.05, 4.69) is 27.7 Å². The highest BCUT2D eigenvalue weighted by molar-refractivity contribution is 7.78. The molecule has 0 heterocycles. The van der Waals surface area contributed by atoms with Crippen molar-refractivity contribution in [3.05, 3.63) is 0 Å². The highest BCUT2D eigenvalue weighted by atomic mass is 32.1. The van der Waals surface area contributed by atoms with Gasteiger partial charge in [0.05, 0.1) is 5.16 Å². The molecule has 0 aliphatic rings. The van der Waals surface area contributed by atoms with E-state index in [1.54, 1.807) is 0 Å². The lowest BCUT2D eigenvalue weighted by Crippen LogP contribution is -2.19. The Kier molecular flexibility index (Phi) is 4.03. The number of thiocarbonyl (C=S) groups is 1. The number of hydrogen-bond donors (Lipinski definition) is 1. The summed E-state index contributed by atoms with van der Waals surface area (Å²) >= 11 is 4.24. The van der Waals surface area contributed by atoms with E-state index >= 15 is 0 Å². The summed E-state index contributed by atoms with van der Waals surface area (Å²) in [6.45, 7) is 1.65. The van der Waals surface area contributed by atoms with Gasteiger partial charge in [0.25, 0.3) is 0 Å². The van der Waals surface area contributed by atoms with Crippen LogP contribution in [-0.2, 0) is 4.79 Å². The molecule has 3 nitrogen and oxygen atoms in total. The summed E-state index contributed by atoms with van der Waals surface area (Å²) in [6.07, 6.45) is 0. The minimum Gasteiger partial charge on any atom is -0.336 e. The zero-order valence-electron chi connectivity index (χ0n) is 4.47. The molecule has 4 heteroatoms. The fourth-order valence-corrected chi connectivity index (χ4v) is 0.248. The summed E-state index contributed by atoms with van der Waals surface area (Å²) in [5.41, 5.74) is 0. The van der Waals surface area contributed by atoms with Crippen molar-refractivity contribution in [1.29, 1.82) is 0 Å². The smallest absolute Gasteiger partial charge is 0.218 e.